The smallest absolute Gasteiger partial charge is 0.191 e. The van der Waals surface area contributed by atoms with E-state index < -0.39 is 0 Å². The molecular formula is C20H32IN5. The summed E-state index contributed by atoms with van der Waals surface area (Å²) in [6.45, 7) is 9.95. The number of rotatable bonds is 9. The molecule has 5 nitrogen and oxygen atoms in total. The summed E-state index contributed by atoms with van der Waals surface area (Å²) in [7, 11) is 0. The zero-order chi connectivity index (χ0) is 17.9. The Morgan fingerprint density at radius 2 is 1.96 bits per heavy atom. The molecule has 144 valence electrons. The first-order valence-corrected chi connectivity index (χ1v) is 9.25. The number of aliphatic imine (C=N–C) groups is 1. The van der Waals surface area contributed by atoms with Gasteiger partial charge in [-0.05, 0) is 36.8 Å². The number of halogens is 1. The van der Waals surface area contributed by atoms with Crippen LogP contribution in [0.2, 0.25) is 0 Å². The fourth-order valence-corrected chi connectivity index (χ4v) is 2.61. The SMILES string of the molecule is CCNC(=NCCCc1ccc(C(C)C)cc1)NCCn1ccnc1.I. The van der Waals surface area contributed by atoms with Crippen LogP contribution in [-0.4, -0.2) is 35.1 Å². The Bertz CT molecular complexity index is 620. The first-order valence-electron chi connectivity index (χ1n) is 9.25. The van der Waals surface area contributed by atoms with Gasteiger partial charge in [0.05, 0.1) is 6.33 Å². The Labute approximate surface area is 174 Å². The van der Waals surface area contributed by atoms with Gasteiger partial charge in [0.25, 0.3) is 0 Å². The second kappa shape index (κ2) is 12.7. The minimum absolute atomic E-state index is 0. The van der Waals surface area contributed by atoms with E-state index in [2.05, 4.69) is 70.2 Å². The number of imidazole rings is 1. The molecule has 2 N–H and O–H groups in total. The highest BCUT2D eigenvalue weighted by molar-refractivity contribution is 14.0. The molecule has 0 fully saturated rings. The Morgan fingerprint density at radius 3 is 2.58 bits per heavy atom. The quantitative estimate of drug-likeness (QED) is 0.254. The lowest BCUT2D eigenvalue weighted by Gasteiger charge is -2.11. The number of guanidine groups is 1. The molecule has 0 saturated carbocycles. The third kappa shape index (κ3) is 8.21. The number of aryl methyl sites for hydroxylation is 1. The average molecular weight is 469 g/mol. The van der Waals surface area contributed by atoms with Gasteiger partial charge in [0.2, 0.25) is 0 Å². The number of nitrogens with one attached hydrogen (secondary N) is 2. The standard InChI is InChI=1S/C20H31N5.HI/c1-4-22-20(24-13-15-25-14-12-21-16-25)23-11-5-6-18-7-9-19(10-8-18)17(2)3;/h7-10,12,14,16-17H,4-6,11,13,15H2,1-3H3,(H2,22,23,24);1H. The highest BCUT2D eigenvalue weighted by Gasteiger charge is 2.00. The van der Waals surface area contributed by atoms with E-state index in [0.29, 0.717) is 5.92 Å². The predicted octanol–water partition coefficient (Wildman–Crippen LogP) is 3.81. The van der Waals surface area contributed by atoms with Crippen LogP contribution < -0.4 is 10.6 Å². The summed E-state index contributed by atoms with van der Waals surface area (Å²) in [6, 6.07) is 8.97. The molecule has 0 aliphatic rings. The van der Waals surface area contributed by atoms with Gasteiger partial charge in [0, 0.05) is 38.6 Å². The van der Waals surface area contributed by atoms with Crippen molar-refractivity contribution in [3.05, 3.63) is 54.1 Å². The highest BCUT2D eigenvalue weighted by atomic mass is 127. The number of nitrogens with zero attached hydrogens (tertiary/aromatic N) is 3. The van der Waals surface area contributed by atoms with Crippen LogP contribution in [0.5, 0.6) is 0 Å². The van der Waals surface area contributed by atoms with E-state index in [1.54, 1.807) is 6.20 Å². The van der Waals surface area contributed by atoms with E-state index >= 15 is 0 Å². The second-order valence-corrected chi connectivity index (χ2v) is 6.49. The van der Waals surface area contributed by atoms with E-state index in [9.17, 15) is 0 Å². The maximum absolute atomic E-state index is 4.66. The second-order valence-electron chi connectivity index (χ2n) is 6.49. The van der Waals surface area contributed by atoms with Crippen molar-refractivity contribution in [2.45, 2.75) is 46.1 Å². The summed E-state index contributed by atoms with van der Waals surface area (Å²) >= 11 is 0. The van der Waals surface area contributed by atoms with Crippen LogP contribution in [-0.2, 0) is 13.0 Å². The lowest BCUT2D eigenvalue weighted by molar-refractivity contribution is 0.661. The van der Waals surface area contributed by atoms with Crippen molar-refractivity contribution in [3.8, 4) is 0 Å². The largest absolute Gasteiger partial charge is 0.357 e. The molecule has 0 aliphatic heterocycles. The molecule has 26 heavy (non-hydrogen) atoms. The summed E-state index contributed by atoms with van der Waals surface area (Å²) in [5.41, 5.74) is 2.79. The van der Waals surface area contributed by atoms with Crippen LogP contribution in [0.3, 0.4) is 0 Å². The fourth-order valence-electron chi connectivity index (χ4n) is 2.61. The molecule has 2 rings (SSSR count). The third-order valence-corrected chi connectivity index (χ3v) is 4.11. The monoisotopic (exact) mass is 469 g/mol. The normalized spacial score (nSPS) is 11.3. The van der Waals surface area contributed by atoms with Crippen molar-refractivity contribution in [2.75, 3.05) is 19.6 Å². The molecule has 0 amide bonds. The van der Waals surface area contributed by atoms with Gasteiger partial charge in [0.15, 0.2) is 5.96 Å². The zero-order valence-corrected chi connectivity index (χ0v) is 18.4. The number of benzene rings is 1. The van der Waals surface area contributed by atoms with Gasteiger partial charge in [0.1, 0.15) is 0 Å². The van der Waals surface area contributed by atoms with E-state index in [1.165, 1.54) is 11.1 Å². The summed E-state index contributed by atoms with van der Waals surface area (Å²) in [6.07, 6.45) is 7.72. The average Bonchev–Trinajstić information content (AvgIpc) is 3.12. The molecule has 6 heteroatoms. The predicted molar refractivity (Wildman–Crippen MR) is 120 cm³/mol. The van der Waals surface area contributed by atoms with Crippen molar-refractivity contribution in [3.63, 3.8) is 0 Å². The van der Waals surface area contributed by atoms with Crippen molar-refractivity contribution >= 4 is 29.9 Å². The van der Waals surface area contributed by atoms with Crippen molar-refractivity contribution in [2.24, 2.45) is 4.99 Å². The van der Waals surface area contributed by atoms with Crippen molar-refractivity contribution in [1.82, 2.24) is 20.2 Å². The molecule has 1 aromatic heterocycles. The lowest BCUT2D eigenvalue weighted by Crippen LogP contribution is -2.38. The van der Waals surface area contributed by atoms with Crippen molar-refractivity contribution < 1.29 is 0 Å². The lowest BCUT2D eigenvalue weighted by atomic mass is 10.0. The summed E-state index contributed by atoms with van der Waals surface area (Å²) in [5, 5.41) is 6.66. The van der Waals surface area contributed by atoms with Crippen LogP contribution in [0.1, 0.15) is 44.2 Å². The Kier molecular flexibility index (Phi) is 11.0. The minimum Gasteiger partial charge on any atom is -0.357 e. The van der Waals surface area contributed by atoms with Crippen molar-refractivity contribution in [1.29, 1.82) is 0 Å². The van der Waals surface area contributed by atoms with Gasteiger partial charge in [-0.1, -0.05) is 38.1 Å². The molecule has 0 atom stereocenters. The van der Waals surface area contributed by atoms with Gasteiger partial charge in [-0.25, -0.2) is 4.98 Å². The van der Waals surface area contributed by atoms with Crippen LogP contribution in [0, 0.1) is 0 Å². The maximum atomic E-state index is 4.66. The van der Waals surface area contributed by atoms with E-state index in [4.69, 9.17) is 0 Å². The number of hydrogen-bond donors (Lipinski definition) is 2. The first-order chi connectivity index (χ1) is 12.2. The molecule has 1 aromatic carbocycles. The summed E-state index contributed by atoms with van der Waals surface area (Å²) in [4.78, 5) is 8.71. The Balaban J connectivity index is 0.00000338. The maximum Gasteiger partial charge on any atom is 0.191 e. The summed E-state index contributed by atoms with van der Waals surface area (Å²) < 4.78 is 2.05. The number of hydrogen-bond acceptors (Lipinski definition) is 2. The topological polar surface area (TPSA) is 54.2 Å². The molecule has 0 unspecified atom stereocenters. The molecule has 0 aliphatic carbocycles. The fraction of sp³-hybridized carbons (Fsp3) is 0.500. The Morgan fingerprint density at radius 1 is 1.19 bits per heavy atom. The van der Waals surface area contributed by atoms with Gasteiger partial charge in [-0.2, -0.15) is 0 Å². The van der Waals surface area contributed by atoms with Gasteiger partial charge in [-0.3, -0.25) is 4.99 Å². The van der Waals surface area contributed by atoms with Crippen LogP contribution in [0.4, 0.5) is 0 Å². The van der Waals surface area contributed by atoms with Gasteiger partial charge < -0.3 is 15.2 Å². The van der Waals surface area contributed by atoms with Crippen LogP contribution in [0.15, 0.2) is 48.0 Å². The van der Waals surface area contributed by atoms with E-state index in [0.717, 1.165) is 45.0 Å². The molecular weight excluding hydrogens is 437 g/mol. The molecule has 0 spiro atoms. The van der Waals surface area contributed by atoms with Crippen LogP contribution in [0.25, 0.3) is 0 Å². The van der Waals surface area contributed by atoms with Gasteiger partial charge >= 0.3 is 0 Å². The van der Waals surface area contributed by atoms with E-state index in [1.807, 2.05) is 12.5 Å². The molecule has 0 bridgehead atoms. The Hall–Kier alpha value is -1.57. The summed E-state index contributed by atoms with van der Waals surface area (Å²) in [5.74, 6) is 1.48. The van der Waals surface area contributed by atoms with Crippen LogP contribution >= 0.6 is 24.0 Å². The molecule has 2 aromatic rings. The first kappa shape index (κ1) is 22.5. The highest BCUT2D eigenvalue weighted by Crippen LogP contribution is 2.15. The third-order valence-electron chi connectivity index (χ3n) is 4.11. The molecule has 0 radical (unpaired) electrons. The van der Waals surface area contributed by atoms with Gasteiger partial charge in [-0.15, -0.1) is 24.0 Å². The minimum atomic E-state index is 0. The molecule has 0 saturated heterocycles. The number of aromatic nitrogens is 2. The zero-order valence-electron chi connectivity index (χ0n) is 16.1. The van der Waals surface area contributed by atoms with E-state index in [-0.39, 0.29) is 24.0 Å². The molecule has 1 heterocycles.